The van der Waals surface area contributed by atoms with E-state index in [0.29, 0.717) is 5.69 Å². The Morgan fingerprint density at radius 2 is 1.96 bits per heavy atom. The van der Waals surface area contributed by atoms with Gasteiger partial charge in [-0.05, 0) is 50.3 Å². The first-order valence-electron chi connectivity index (χ1n) is 8.32. The number of aromatic nitrogens is 3. The average Bonchev–Trinajstić information content (AvgIpc) is 3.18. The van der Waals surface area contributed by atoms with Gasteiger partial charge in [0.15, 0.2) is 0 Å². The molecule has 1 aliphatic heterocycles. The second-order valence-corrected chi connectivity index (χ2v) is 6.26. The molecule has 24 heavy (non-hydrogen) atoms. The van der Waals surface area contributed by atoms with Gasteiger partial charge in [0.2, 0.25) is 0 Å². The van der Waals surface area contributed by atoms with Gasteiger partial charge in [0, 0.05) is 31.3 Å². The number of nitrogens with zero attached hydrogens (tertiary/aromatic N) is 5. The standard InChI is InChI=1S/C18H21N5O/c1-20-10-4-11-21(14-13-20)18(24)16-8-9-19-23(16)17-7-6-15-5-2-3-12-22(15)17/h2-3,5-9,12H,4,10-11,13-14H2,1H3. The molecule has 0 unspecified atom stereocenters. The van der Waals surface area contributed by atoms with Crippen LogP contribution in [0, 0.1) is 0 Å². The van der Waals surface area contributed by atoms with Crippen molar-refractivity contribution in [3.05, 3.63) is 54.5 Å². The van der Waals surface area contributed by atoms with E-state index in [-0.39, 0.29) is 5.91 Å². The van der Waals surface area contributed by atoms with Crippen molar-refractivity contribution in [1.82, 2.24) is 24.0 Å². The smallest absolute Gasteiger partial charge is 0.272 e. The van der Waals surface area contributed by atoms with Crippen molar-refractivity contribution in [3.63, 3.8) is 0 Å². The minimum Gasteiger partial charge on any atom is -0.336 e. The van der Waals surface area contributed by atoms with Crippen molar-refractivity contribution in [1.29, 1.82) is 0 Å². The topological polar surface area (TPSA) is 45.8 Å². The van der Waals surface area contributed by atoms with Gasteiger partial charge in [-0.3, -0.25) is 4.79 Å². The zero-order valence-corrected chi connectivity index (χ0v) is 13.8. The summed E-state index contributed by atoms with van der Waals surface area (Å²) in [6.45, 7) is 3.50. The lowest BCUT2D eigenvalue weighted by Crippen LogP contribution is -2.35. The number of amides is 1. The van der Waals surface area contributed by atoms with Crippen LogP contribution in [-0.2, 0) is 0 Å². The Balaban J connectivity index is 1.68. The molecule has 1 saturated heterocycles. The maximum Gasteiger partial charge on any atom is 0.272 e. The molecule has 0 bridgehead atoms. The Bertz CT molecular complexity index is 865. The zero-order chi connectivity index (χ0) is 16.5. The molecular formula is C18H21N5O. The number of fused-ring (bicyclic) bond motifs is 1. The molecule has 124 valence electrons. The number of carbonyl (C=O) groups is 1. The number of rotatable bonds is 2. The third kappa shape index (κ3) is 2.59. The Hall–Kier alpha value is -2.60. The third-order valence-corrected chi connectivity index (χ3v) is 4.63. The first-order chi connectivity index (χ1) is 11.7. The molecule has 0 N–H and O–H groups in total. The van der Waals surface area contributed by atoms with Crippen LogP contribution < -0.4 is 0 Å². The Kier molecular flexibility index (Phi) is 3.82. The first-order valence-corrected chi connectivity index (χ1v) is 8.32. The summed E-state index contributed by atoms with van der Waals surface area (Å²) in [4.78, 5) is 17.2. The van der Waals surface area contributed by atoms with Gasteiger partial charge in [-0.15, -0.1) is 0 Å². The molecule has 3 aromatic heterocycles. The van der Waals surface area contributed by atoms with Crippen LogP contribution in [0.15, 0.2) is 48.8 Å². The Morgan fingerprint density at radius 1 is 1.04 bits per heavy atom. The predicted molar refractivity (Wildman–Crippen MR) is 92.5 cm³/mol. The molecule has 0 atom stereocenters. The SMILES string of the molecule is CN1CCCN(C(=O)c2ccnn2-c2ccc3ccccn23)CC1. The molecule has 1 aliphatic rings. The fourth-order valence-corrected chi connectivity index (χ4v) is 3.27. The molecule has 1 amide bonds. The minimum atomic E-state index is 0.0497. The minimum absolute atomic E-state index is 0.0497. The molecule has 4 rings (SSSR count). The number of hydrogen-bond acceptors (Lipinski definition) is 3. The van der Waals surface area contributed by atoms with Crippen LogP contribution >= 0.6 is 0 Å². The summed E-state index contributed by atoms with van der Waals surface area (Å²) in [6.07, 6.45) is 4.69. The lowest BCUT2D eigenvalue weighted by atomic mass is 10.3. The zero-order valence-electron chi connectivity index (χ0n) is 13.8. The fraction of sp³-hybridized carbons (Fsp3) is 0.333. The van der Waals surface area contributed by atoms with Gasteiger partial charge in [-0.1, -0.05) is 6.07 Å². The molecule has 6 heteroatoms. The molecule has 0 spiro atoms. The van der Waals surface area contributed by atoms with Crippen LogP contribution in [0.25, 0.3) is 11.3 Å². The summed E-state index contributed by atoms with van der Waals surface area (Å²) in [7, 11) is 2.10. The quantitative estimate of drug-likeness (QED) is 0.724. The highest BCUT2D eigenvalue weighted by Crippen LogP contribution is 2.17. The highest BCUT2D eigenvalue weighted by atomic mass is 16.2. The van der Waals surface area contributed by atoms with E-state index >= 15 is 0 Å². The van der Waals surface area contributed by atoms with Crippen LogP contribution in [0.2, 0.25) is 0 Å². The van der Waals surface area contributed by atoms with E-state index in [0.717, 1.165) is 43.9 Å². The molecule has 3 aromatic rings. The number of hydrogen-bond donors (Lipinski definition) is 0. The maximum atomic E-state index is 13.0. The normalized spacial score (nSPS) is 16.5. The predicted octanol–water partition coefficient (Wildman–Crippen LogP) is 1.90. The van der Waals surface area contributed by atoms with Crippen molar-refractivity contribution >= 4 is 11.4 Å². The van der Waals surface area contributed by atoms with Crippen LogP contribution in [0.4, 0.5) is 0 Å². The molecule has 1 fully saturated rings. The van der Waals surface area contributed by atoms with Crippen LogP contribution in [-0.4, -0.2) is 63.1 Å². The lowest BCUT2D eigenvalue weighted by molar-refractivity contribution is 0.0753. The van der Waals surface area contributed by atoms with Crippen molar-refractivity contribution in [2.75, 3.05) is 33.2 Å². The summed E-state index contributed by atoms with van der Waals surface area (Å²) < 4.78 is 3.78. The summed E-state index contributed by atoms with van der Waals surface area (Å²) >= 11 is 0. The van der Waals surface area contributed by atoms with E-state index in [9.17, 15) is 4.79 Å². The van der Waals surface area contributed by atoms with Crippen LogP contribution in [0.5, 0.6) is 0 Å². The average molecular weight is 323 g/mol. The molecule has 6 nitrogen and oxygen atoms in total. The van der Waals surface area contributed by atoms with E-state index in [1.165, 1.54) is 0 Å². The van der Waals surface area contributed by atoms with Crippen molar-refractivity contribution in [3.8, 4) is 5.82 Å². The first kappa shape index (κ1) is 15.0. The van der Waals surface area contributed by atoms with E-state index in [1.54, 1.807) is 16.9 Å². The van der Waals surface area contributed by atoms with E-state index in [1.807, 2.05) is 45.8 Å². The van der Waals surface area contributed by atoms with Gasteiger partial charge in [-0.2, -0.15) is 5.10 Å². The second-order valence-electron chi connectivity index (χ2n) is 6.26. The number of likely N-dealkylation sites (N-methyl/N-ethyl adjacent to an activating group) is 1. The van der Waals surface area contributed by atoms with Gasteiger partial charge < -0.3 is 14.2 Å². The molecule has 0 saturated carbocycles. The third-order valence-electron chi connectivity index (χ3n) is 4.63. The van der Waals surface area contributed by atoms with E-state index < -0.39 is 0 Å². The van der Waals surface area contributed by atoms with Gasteiger partial charge in [0.25, 0.3) is 5.91 Å². The molecule has 4 heterocycles. The van der Waals surface area contributed by atoms with Gasteiger partial charge in [0.05, 0.1) is 6.20 Å². The highest BCUT2D eigenvalue weighted by Gasteiger charge is 2.23. The van der Waals surface area contributed by atoms with E-state index in [2.05, 4.69) is 17.0 Å². The molecule has 0 aliphatic carbocycles. The van der Waals surface area contributed by atoms with E-state index in [4.69, 9.17) is 0 Å². The van der Waals surface area contributed by atoms with Crippen LogP contribution in [0.3, 0.4) is 0 Å². The summed E-state index contributed by atoms with van der Waals surface area (Å²) in [6, 6.07) is 11.9. The number of carbonyl (C=O) groups excluding carboxylic acids is 1. The van der Waals surface area contributed by atoms with Crippen LogP contribution in [0.1, 0.15) is 16.9 Å². The summed E-state index contributed by atoms with van der Waals surface area (Å²) in [5, 5.41) is 4.40. The Morgan fingerprint density at radius 3 is 2.88 bits per heavy atom. The highest BCUT2D eigenvalue weighted by molar-refractivity contribution is 5.93. The van der Waals surface area contributed by atoms with Crippen molar-refractivity contribution in [2.45, 2.75) is 6.42 Å². The second kappa shape index (κ2) is 6.13. The molecule has 0 radical (unpaired) electrons. The van der Waals surface area contributed by atoms with Gasteiger partial charge >= 0.3 is 0 Å². The van der Waals surface area contributed by atoms with Crippen molar-refractivity contribution < 1.29 is 4.79 Å². The van der Waals surface area contributed by atoms with Gasteiger partial charge in [-0.25, -0.2) is 4.68 Å². The molecule has 0 aromatic carbocycles. The summed E-state index contributed by atoms with van der Waals surface area (Å²) in [5.41, 5.74) is 1.70. The monoisotopic (exact) mass is 323 g/mol. The largest absolute Gasteiger partial charge is 0.336 e. The molecular weight excluding hydrogens is 302 g/mol. The van der Waals surface area contributed by atoms with Gasteiger partial charge in [0.1, 0.15) is 11.5 Å². The van der Waals surface area contributed by atoms with Crippen molar-refractivity contribution in [2.24, 2.45) is 0 Å². The maximum absolute atomic E-state index is 13.0. The Labute approximate surface area is 140 Å². The lowest BCUT2D eigenvalue weighted by Gasteiger charge is -2.21. The fourth-order valence-electron chi connectivity index (χ4n) is 3.27. The number of pyridine rings is 1. The summed E-state index contributed by atoms with van der Waals surface area (Å²) in [5.74, 6) is 0.930.